The number of ether oxygens (including phenoxy) is 1. The maximum Gasteiger partial charge on any atom is 0.306 e. The lowest BCUT2D eigenvalue weighted by molar-refractivity contribution is -0.144. The molecule has 2 aliphatic rings. The number of hydrogen-bond acceptors (Lipinski definition) is 5. The molecule has 0 N–H and O–H groups in total. The van der Waals surface area contributed by atoms with Crippen molar-refractivity contribution in [1.29, 1.82) is 0 Å². The maximum absolute atomic E-state index is 13.4. The first kappa shape index (κ1) is 20.6. The summed E-state index contributed by atoms with van der Waals surface area (Å²) in [6.45, 7) is 3.31. The van der Waals surface area contributed by atoms with Crippen molar-refractivity contribution in [2.75, 3.05) is 19.7 Å². The van der Waals surface area contributed by atoms with Crippen molar-refractivity contribution in [1.82, 2.24) is 10.1 Å². The number of nitrogens with zero attached hydrogens (tertiary/aromatic N) is 2. The Morgan fingerprint density at radius 3 is 2.53 bits per heavy atom. The fourth-order valence-electron chi connectivity index (χ4n) is 4.28. The first-order chi connectivity index (χ1) is 14.5. The molecule has 0 bridgehead atoms. The number of carbonyl (C=O) groups is 2. The van der Waals surface area contributed by atoms with Crippen LogP contribution < -0.4 is 0 Å². The van der Waals surface area contributed by atoms with Gasteiger partial charge in [0.1, 0.15) is 11.6 Å². The molecule has 7 heteroatoms. The molecule has 0 unspecified atom stereocenters. The van der Waals surface area contributed by atoms with Crippen LogP contribution >= 0.6 is 0 Å². The van der Waals surface area contributed by atoms with Gasteiger partial charge in [-0.2, -0.15) is 0 Å². The van der Waals surface area contributed by atoms with E-state index in [-0.39, 0.29) is 36.0 Å². The molecule has 1 aliphatic carbocycles. The summed E-state index contributed by atoms with van der Waals surface area (Å²) in [4.78, 5) is 26.8. The second-order valence-corrected chi connectivity index (χ2v) is 8.19. The number of hydrogen-bond donors (Lipinski definition) is 0. The fraction of sp³-hybridized carbons (Fsp3) is 0.522. The third-order valence-corrected chi connectivity index (χ3v) is 6.11. The third-order valence-electron chi connectivity index (χ3n) is 6.11. The first-order valence-electron chi connectivity index (χ1n) is 10.7. The number of halogens is 1. The topological polar surface area (TPSA) is 72.6 Å². The highest BCUT2D eigenvalue weighted by Gasteiger charge is 2.33. The van der Waals surface area contributed by atoms with E-state index in [1.54, 1.807) is 30.0 Å². The summed E-state index contributed by atoms with van der Waals surface area (Å²) in [7, 11) is 0. The number of likely N-dealkylation sites (tertiary alicyclic amines) is 1. The third kappa shape index (κ3) is 4.71. The highest BCUT2D eigenvalue weighted by Crippen LogP contribution is 2.40. The molecule has 4 rings (SSSR count). The number of esters is 1. The van der Waals surface area contributed by atoms with Crippen LogP contribution in [0, 0.1) is 11.7 Å². The number of benzene rings is 1. The normalized spacial score (nSPS) is 18.3. The molecule has 1 aliphatic heterocycles. The highest BCUT2D eigenvalue weighted by atomic mass is 19.1. The molecule has 160 valence electrons. The minimum atomic E-state index is -0.299. The molecule has 2 heterocycles. The molecular formula is C23H27FN2O4. The van der Waals surface area contributed by atoms with Crippen molar-refractivity contribution < 1.29 is 23.2 Å². The summed E-state index contributed by atoms with van der Waals surface area (Å²) in [6, 6.07) is 8.10. The Hall–Kier alpha value is -2.70. The van der Waals surface area contributed by atoms with Gasteiger partial charge in [0.15, 0.2) is 5.69 Å². The predicted octanol–water partition coefficient (Wildman–Crippen LogP) is 4.28. The molecule has 1 atom stereocenters. The summed E-state index contributed by atoms with van der Waals surface area (Å²) < 4.78 is 23.9. The number of carbonyl (C=O) groups excluding carboxylic acids is 2. The second-order valence-electron chi connectivity index (χ2n) is 8.19. The van der Waals surface area contributed by atoms with Crippen molar-refractivity contribution in [2.24, 2.45) is 5.92 Å². The van der Waals surface area contributed by atoms with Crippen LogP contribution in [0.25, 0.3) is 0 Å². The minimum Gasteiger partial charge on any atom is -0.466 e. The monoisotopic (exact) mass is 414 g/mol. The Morgan fingerprint density at radius 1 is 1.20 bits per heavy atom. The van der Waals surface area contributed by atoms with Crippen LogP contribution in [0.15, 0.2) is 34.9 Å². The lowest BCUT2D eigenvalue weighted by Gasteiger charge is -2.35. The molecule has 0 radical (unpaired) electrons. The molecular weight excluding hydrogens is 387 g/mol. The summed E-state index contributed by atoms with van der Waals surface area (Å²) in [5, 5.41) is 3.96. The van der Waals surface area contributed by atoms with Crippen LogP contribution in [-0.2, 0) is 9.53 Å². The first-order valence-corrected chi connectivity index (χ1v) is 10.7. The van der Waals surface area contributed by atoms with E-state index in [0.717, 1.165) is 37.0 Å². The Kier molecular flexibility index (Phi) is 6.16. The molecule has 6 nitrogen and oxygen atoms in total. The molecule has 1 amide bonds. The zero-order chi connectivity index (χ0) is 21.1. The van der Waals surface area contributed by atoms with Gasteiger partial charge in [-0.05, 0) is 62.1 Å². The molecule has 0 spiro atoms. The summed E-state index contributed by atoms with van der Waals surface area (Å²) in [5.74, 6) is 0.724. The van der Waals surface area contributed by atoms with Crippen LogP contribution in [0.4, 0.5) is 4.39 Å². The number of aromatic nitrogens is 1. The van der Waals surface area contributed by atoms with E-state index in [1.165, 1.54) is 12.1 Å². The average molecular weight is 414 g/mol. The molecule has 1 saturated heterocycles. The van der Waals surface area contributed by atoms with Crippen molar-refractivity contribution >= 4 is 11.9 Å². The summed E-state index contributed by atoms with van der Waals surface area (Å²) >= 11 is 0. The lowest BCUT2D eigenvalue weighted by Crippen LogP contribution is -2.40. The number of piperidine rings is 1. The van der Waals surface area contributed by atoms with Crippen molar-refractivity contribution in [3.63, 3.8) is 0 Å². The van der Waals surface area contributed by atoms with Gasteiger partial charge in [-0.1, -0.05) is 17.3 Å². The van der Waals surface area contributed by atoms with E-state index < -0.39 is 0 Å². The molecule has 2 fully saturated rings. The Balaban J connectivity index is 1.41. The van der Waals surface area contributed by atoms with Gasteiger partial charge in [0.2, 0.25) is 0 Å². The van der Waals surface area contributed by atoms with E-state index in [4.69, 9.17) is 9.26 Å². The van der Waals surface area contributed by atoms with E-state index in [2.05, 4.69) is 5.16 Å². The van der Waals surface area contributed by atoms with Crippen molar-refractivity contribution in [2.45, 2.75) is 50.9 Å². The van der Waals surface area contributed by atoms with Crippen LogP contribution in [0.1, 0.15) is 72.7 Å². The van der Waals surface area contributed by atoms with E-state index in [0.29, 0.717) is 31.3 Å². The number of rotatable bonds is 7. The summed E-state index contributed by atoms with van der Waals surface area (Å²) in [6.07, 6.45) is 3.98. The van der Waals surface area contributed by atoms with Gasteiger partial charge in [0.05, 0.1) is 13.0 Å². The van der Waals surface area contributed by atoms with Gasteiger partial charge in [0.25, 0.3) is 5.91 Å². The second kappa shape index (κ2) is 8.98. The lowest BCUT2D eigenvalue weighted by atomic mass is 9.78. The molecule has 2 aromatic rings. The van der Waals surface area contributed by atoms with Gasteiger partial charge in [-0.25, -0.2) is 4.39 Å². The maximum atomic E-state index is 13.4. The zero-order valence-corrected chi connectivity index (χ0v) is 17.2. The van der Waals surface area contributed by atoms with E-state index >= 15 is 0 Å². The van der Waals surface area contributed by atoms with Gasteiger partial charge in [-0.3, -0.25) is 9.59 Å². The SMILES string of the molecule is CCOC(=O)C[C@H](c1ccc(F)cc1)C1CCN(C(=O)c2cc(C3CC3)on2)CC1. The van der Waals surface area contributed by atoms with E-state index in [9.17, 15) is 14.0 Å². The Morgan fingerprint density at radius 2 is 1.90 bits per heavy atom. The van der Waals surface area contributed by atoms with Crippen LogP contribution in [-0.4, -0.2) is 41.6 Å². The standard InChI is InChI=1S/C23H27FN2O4/c1-2-29-22(27)13-19(15-5-7-18(24)8-6-15)16-9-11-26(12-10-16)23(28)20-14-21(30-25-20)17-3-4-17/h5-8,14,16-17,19H,2-4,9-13H2,1H3/t19-/m1/s1. The summed E-state index contributed by atoms with van der Waals surface area (Å²) in [5.41, 5.74) is 1.30. The molecule has 30 heavy (non-hydrogen) atoms. The van der Waals surface area contributed by atoms with Gasteiger partial charge in [-0.15, -0.1) is 0 Å². The van der Waals surface area contributed by atoms with Gasteiger partial charge >= 0.3 is 5.97 Å². The molecule has 1 saturated carbocycles. The Labute approximate surface area is 175 Å². The van der Waals surface area contributed by atoms with E-state index in [1.807, 2.05) is 0 Å². The van der Waals surface area contributed by atoms with Gasteiger partial charge in [0, 0.05) is 25.1 Å². The van der Waals surface area contributed by atoms with Crippen LogP contribution in [0.5, 0.6) is 0 Å². The van der Waals surface area contributed by atoms with Crippen LogP contribution in [0.2, 0.25) is 0 Å². The zero-order valence-electron chi connectivity index (χ0n) is 17.2. The van der Waals surface area contributed by atoms with Gasteiger partial charge < -0.3 is 14.2 Å². The smallest absolute Gasteiger partial charge is 0.306 e. The number of amides is 1. The predicted molar refractivity (Wildman–Crippen MR) is 107 cm³/mol. The fourth-order valence-corrected chi connectivity index (χ4v) is 4.28. The molecule has 1 aromatic heterocycles. The minimum absolute atomic E-state index is 0.0598. The quantitative estimate of drug-likeness (QED) is 0.633. The molecule has 1 aromatic carbocycles. The Bertz CT molecular complexity index is 883. The van der Waals surface area contributed by atoms with Crippen molar-refractivity contribution in [3.05, 3.63) is 53.2 Å². The highest BCUT2D eigenvalue weighted by molar-refractivity contribution is 5.92. The van der Waals surface area contributed by atoms with Crippen LogP contribution in [0.3, 0.4) is 0 Å². The average Bonchev–Trinajstić information content (AvgIpc) is 3.49. The van der Waals surface area contributed by atoms with Crippen molar-refractivity contribution in [3.8, 4) is 0 Å². The largest absolute Gasteiger partial charge is 0.466 e.